The third-order valence-corrected chi connectivity index (χ3v) is 4.72. The van der Waals surface area contributed by atoms with Crippen molar-refractivity contribution < 1.29 is 4.79 Å². The van der Waals surface area contributed by atoms with Crippen molar-refractivity contribution in [2.75, 3.05) is 5.73 Å². The number of hydrogen-bond donors (Lipinski definition) is 1. The normalized spacial score (nSPS) is 11.8. The molecule has 3 aromatic rings. The number of rotatable bonds is 2. The second kappa shape index (κ2) is 5.21. The van der Waals surface area contributed by atoms with Crippen molar-refractivity contribution in [3.8, 4) is 0 Å². The summed E-state index contributed by atoms with van der Waals surface area (Å²) in [5.41, 5.74) is 8.33. The van der Waals surface area contributed by atoms with Gasteiger partial charge in [-0.1, -0.05) is 51.1 Å². The smallest absolute Gasteiger partial charge is 0.205 e. The van der Waals surface area contributed by atoms with Crippen molar-refractivity contribution in [3.63, 3.8) is 0 Å². The van der Waals surface area contributed by atoms with Crippen LogP contribution in [0.15, 0.2) is 42.5 Å². The van der Waals surface area contributed by atoms with Gasteiger partial charge in [0.2, 0.25) is 5.78 Å². The minimum atomic E-state index is -0.0431. The number of ketones is 1. The van der Waals surface area contributed by atoms with Crippen LogP contribution in [0.2, 0.25) is 0 Å². The summed E-state index contributed by atoms with van der Waals surface area (Å²) in [6.07, 6.45) is 0. The third-order valence-electron chi connectivity index (χ3n) is 3.60. The second-order valence-corrected chi connectivity index (χ2v) is 7.34. The molecule has 0 spiro atoms. The van der Waals surface area contributed by atoms with Gasteiger partial charge in [0.1, 0.15) is 9.71 Å². The van der Waals surface area contributed by atoms with Crippen LogP contribution in [0.3, 0.4) is 0 Å². The number of nitrogens with zero attached hydrogens (tertiary/aromatic N) is 1. The molecule has 2 N–H and O–H groups in total. The molecule has 0 saturated carbocycles. The molecule has 0 bridgehead atoms. The van der Waals surface area contributed by atoms with E-state index in [0.717, 1.165) is 15.9 Å². The summed E-state index contributed by atoms with van der Waals surface area (Å²) in [5, 5.41) is 0.859. The summed E-state index contributed by atoms with van der Waals surface area (Å²) in [5.74, 6) is -0.0431. The van der Waals surface area contributed by atoms with E-state index < -0.39 is 0 Å². The lowest BCUT2D eigenvalue weighted by Crippen LogP contribution is -2.12. The van der Waals surface area contributed by atoms with Gasteiger partial charge >= 0.3 is 0 Å². The van der Waals surface area contributed by atoms with Crippen LogP contribution in [0.1, 0.15) is 41.7 Å². The fourth-order valence-corrected chi connectivity index (χ4v) is 3.36. The maximum atomic E-state index is 12.6. The van der Waals surface area contributed by atoms with Crippen LogP contribution in [0.5, 0.6) is 0 Å². The van der Waals surface area contributed by atoms with Gasteiger partial charge in [-0.25, -0.2) is 4.98 Å². The van der Waals surface area contributed by atoms with Gasteiger partial charge in [0.25, 0.3) is 0 Å². The van der Waals surface area contributed by atoms with E-state index in [2.05, 4.69) is 20.8 Å². The molecule has 112 valence electrons. The Hall–Kier alpha value is -2.20. The molecule has 0 atom stereocenters. The number of thiophene rings is 1. The highest BCUT2D eigenvalue weighted by atomic mass is 32.1. The molecule has 0 saturated heterocycles. The summed E-state index contributed by atoms with van der Waals surface area (Å²) in [4.78, 5) is 18.7. The zero-order chi connectivity index (χ0) is 15.9. The number of pyridine rings is 1. The molecular formula is C18H18N2OS. The number of carbonyl (C=O) groups excluding carboxylic acids is 1. The summed E-state index contributed by atoms with van der Waals surface area (Å²) in [7, 11) is 0. The molecular weight excluding hydrogens is 292 g/mol. The van der Waals surface area contributed by atoms with Gasteiger partial charge in [-0.15, -0.1) is 11.3 Å². The van der Waals surface area contributed by atoms with E-state index in [1.54, 1.807) is 12.1 Å². The van der Waals surface area contributed by atoms with Crippen LogP contribution in [0.4, 0.5) is 5.69 Å². The zero-order valence-electron chi connectivity index (χ0n) is 12.9. The van der Waals surface area contributed by atoms with Crippen LogP contribution >= 0.6 is 11.3 Å². The van der Waals surface area contributed by atoms with Crippen LogP contribution in [-0.2, 0) is 5.41 Å². The Bertz CT molecular complexity index is 845. The van der Waals surface area contributed by atoms with Crippen molar-refractivity contribution in [3.05, 3.63) is 58.6 Å². The van der Waals surface area contributed by atoms with E-state index in [9.17, 15) is 4.79 Å². The first kappa shape index (κ1) is 14.7. The van der Waals surface area contributed by atoms with Crippen LogP contribution in [0, 0.1) is 0 Å². The van der Waals surface area contributed by atoms with Gasteiger partial charge < -0.3 is 5.73 Å². The van der Waals surface area contributed by atoms with Crippen LogP contribution in [-0.4, -0.2) is 10.8 Å². The molecule has 2 heterocycles. The Morgan fingerprint density at radius 3 is 2.41 bits per heavy atom. The van der Waals surface area contributed by atoms with Crippen LogP contribution in [0.25, 0.3) is 10.2 Å². The molecule has 0 unspecified atom stereocenters. The summed E-state index contributed by atoms with van der Waals surface area (Å²) in [6, 6.07) is 13.2. The molecule has 0 aliphatic rings. The highest BCUT2D eigenvalue weighted by Gasteiger charge is 2.21. The minimum Gasteiger partial charge on any atom is -0.397 e. The van der Waals surface area contributed by atoms with E-state index in [1.165, 1.54) is 11.3 Å². The maximum Gasteiger partial charge on any atom is 0.205 e. The number of nitrogen functional groups attached to an aromatic ring is 1. The molecule has 3 rings (SSSR count). The molecule has 3 nitrogen and oxygen atoms in total. The molecule has 4 heteroatoms. The van der Waals surface area contributed by atoms with Crippen molar-refractivity contribution in [2.45, 2.75) is 26.2 Å². The number of carbonyl (C=O) groups is 1. The van der Waals surface area contributed by atoms with E-state index >= 15 is 0 Å². The monoisotopic (exact) mass is 310 g/mol. The van der Waals surface area contributed by atoms with Gasteiger partial charge in [-0.3, -0.25) is 4.79 Å². The number of benzene rings is 1. The molecule has 0 radical (unpaired) electrons. The highest BCUT2D eigenvalue weighted by Crippen LogP contribution is 2.35. The quantitative estimate of drug-likeness (QED) is 0.713. The Morgan fingerprint density at radius 1 is 1.09 bits per heavy atom. The number of hydrogen-bond acceptors (Lipinski definition) is 4. The fraction of sp³-hybridized carbons (Fsp3) is 0.222. The first-order valence-electron chi connectivity index (χ1n) is 7.17. The van der Waals surface area contributed by atoms with E-state index in [0.29, 0.717) is 16.1 Å². The largest absolute Gasteiger partial charge is 0.397 e. The molecule has 0 aliphatic heterocycles. The van der Waals surface area contributed by atoms with Gasteiger partial charge in [0, 0.05) is 22.1 Å². The average molecular weight is 310 g/mol. The summed E-state index contributed by atoms with van der Waals surface area (Å²) < 4.78 is 0. The molecule has 0 aliphatic carbocycles. The molecule has 0 amide bonds. The van der Waals surface area contributed by atoms with Gasteiger partial charge in [0.15, 0.2) is 0 Å². The van der Waals surface area contributed by atoms with Gasteiger partial charge in [-0.2, -0.15) is 0 Å². The lowest BCUT2D eigenvalue weighted by atomic mass is 9.91. The van der Waals surface area contributed by atoms with E-state index in [1.807, 2.05) is 30.3 Å². The SMILES string of the molecule is CC(C)(C)c1ccc2c(N)c(C(=O)c3ccccc3)sc2n1. The molecule has 22 heavy (non-hydrogen) atoms. The first-order valence-corrected chi connectivity index (χ1v) is 7.99. The topological polar surface area (TPSA) is 56.0 Å². The molecule has 2 aromatic heterocycles. The Kier molecular flexibility index (Phi) is 3.49. The van der Waals surface area contributed by atoms with Crippen molar-refractivity contribution in [1.29, 1.82) is 0 Å². The van der Waals surface area contributed by atoms with Crippen molar-refractivity contribution in [1.82, 2.24) is 4.98 Å². The van der Waals surface area contributed by atoms with Gasteiger partial charge in [-0.05, 0) is 12.1 Å². The summed E-state index contributed by atoms with van der Waals surface area (Å²) >= 11 is 1.37. The number of nitrogens with two attached hydrogens (primary N) is 1. The predicted octanol–water partition coefficient (Wildman–Crippen LogP) is 4.41. The summed E-state index contributed by atoms with van der Waals surface area (Å²) in [6.45, 7) is 6.36. The van der Waals surface area contributed by atoms with Gasteiger partial charge in [0.05, 0.1) is 5.69 Å². The number of aromatic nitrogens is 1. The second-order valence-electron chi connectivity index (χ2n) is 6.34. The predicted molar refractivity (Wildman–Crippen MR) is 92.6 cm³/mol. The van der Waals surface area contributed by atoms with Crippen LogP contribution < -0.4 is 5.73 Å². The van der Waals surface area contributed by atoms with Crippen molar-refractivity contribution >= 4 is 33.0 Å². The van der Waals surface area contributed by atoms with E-state index in [-0.39, 0.29) is 11.2 Å². The average Bonchev–Trinajstić information content (AvgIpc) is 2.83. The Labute approximate surface area is 133 Å². The fourth-order valence-electron chi connectivity index (χ4n) is 2.30. The lowest BCUT2D eigenvalue weighted by molar-refractivity contribution is 0.104. The highest BCUT2D eigenvalue weighted by molar-refractivity contribution is 7.21. The van der Waals surface area contributed by atoms with E-state index in [4.69, 9.17) is 10.7 Å². The number of anilines is 1. The molecule has 1 aromatic carbocycles. The Balaban J connectivity index is 2.12. The zero-order valence-corrected chi connectivity index (χ0v) is 13.7. The molecule has 0 fully saturated rings. The minimum absolute atomic E-state index is 0.0312. The number of fused-ring (bicyclic) bond motifs is 1. The maximum absolute atomic E-state index is 12.6. The third kappa shape index (κ3) is 2.50. The Morgan fingerprint density at radius 2 is 1.77 bits per heavy atom. The first-order chi connectivity index (χ1) is 10.4. The van der Waals surface area contributed by atoms with Crippen molar-refractivity contribution in [2.24, 2.45) is 0 Å². The lowest BCUT2D eigenvalue weighted by Gasteiger charge is -2.17. The standard InChI is InChI=1S/C18H18N2OS/c1-18(2,3)13-10-9-12-14(19)16(22-17(12)20-13)15(21)11-7-5-4-6-8-11/h4-10H,19H2,1-3H3.